The number of hydrogen-bond donors (Lipinski definition) is 2. The zero-order valence-corrected chi connectivity index (χ0v) is 16.0. The van der Waals surface area contributed by atoms with Gasteiger partial charge < -0.3 is 10.6 Å². The van der Waals surface area contributed by atoms with E-state index in [9.17, 15) is 14.4 Å². The third-order valence-electron chi connectivity index (χ3n) is 4.09. The largest absolute Gasteiger partial charge is 0.326 e. The lowest BCUT2D eigenvalue weighted by atomic mass is 10.2. The van der Waals surface area contributed by atoms with E-state index in [1.54, 1.807) is 48.8 Å². The van der Waals surface area contributed by atoms with Gasteiger partial charge in [0, 0.05) is 55.3 Å². The van der Waals surface area contributed by atoms with Crippen LogP contribution >= 0.6 is 0 Å². The minimum Gasteiger partial charge on any atom is -0.326 e. The summed E-state index contributed by atoms with van der Waals surface area (Å²) in [6, 6.07) is 13.7. The maximum absolute atomic E-state index is 12.1. The van der Waals surface area contributed by atoms with Crippen LogP contribution in [0, 0.1) is 0 Å². The van der Waals surface area contributed by atoms with Crippen molar-refractivity contribution in [2.45, 2.75) is 26.3 Å². The lowest BCUT2D eigenvalue weighted by molar-refractivity contribution is -0.116. The minimum atomic E-state index is -0.216. The summed E-state index contributed by atoms with van der Waals surface area (Å²) in [5.74, 6) is -0.313. The maximum atomic E-state index is 12.1. The van der Waals surface area contributed by atoms with Crippen molar-refractivity contribution in [2.75, 3.05) is 10.6 Å². The standard InChI is InChI=1S/C21H21N5O3/c1-15(27)23-17-6-8-18(9-7-17)24-20(28)5-3-13-26-21(29)11-10-19(25-26)16-4-2-12-22-14-16/h2,4,6-12,14H,3,5,13H2,1H3,(H,23,27)(H,24,28). The van der Waals surface area contributed by atoms with Crippen molar-refractivity contribution in [3.8, 4) is 11.3 Å². The first-order valence-electron chi connectivity index (χ1n) is 9.17. The van der Waals surface area contributed by atoms with Crippen molar-refractivity contribution < 1.29 is 9.59 Å². The Morgan fingerprint density at radius 3 is 2.38 bits per heavy atom. The molecule has 0 radical (unpaired) electrons. The van der Waals surface area contributed by atoms with Crippen LogP contribution < -0.4 is 16.2 Å². The van der Waals surface area contributed by atoms with Crippen molar-refractivity contribution in [3.63, 3.8) is 0 Å². The number of rotatable bonds is 7. The highest BCUT2D eigenvalue weighted by atomic mass is 16.2. The molecule has 0 aliphatic rings. The number of carbonyl (C=O) groups is 2. The van der Waals surface area contributed by atoms with Gasteiger partial charge in [-0.1, -0.05) is 0 Å². The number of carbonyl (C=O) groups excluding carboxylic acids is 2. The lowest BCUT2D eigenvalue weighted by Gasteiger charge is -2.08. The molecule has 0 atom stereocenters. The first-order chi connectivity index (χ1) is 14.0. The van der Waals surface area contributed by atoms with Gasteiger partial charge in [-0.15, -0.1) is 0 Å². The molecule has 148 valence electrons. The highest BCUT2D eigenvalue weighted by Crippen LogP contribution is 2.15. The molecule has 1 aromatic carbocycles. The van der Waals surface area contributed by atoms with Crippen LogP contribution in [-0.2, 0) is 16.1 Å². The molecule has 8 heteroatoms. The normalized spacial score (nSPS) is 10.4. The fourth-order valence-corrected chi connectivity index (χ4v) is 2.73. The fourth-order valence-electron chi connectivity index (χ4n) is 2.73. The molecular formula is C21H21N5O3. The van der Waals surface area contributed by atoms with Crippen LogP contribution in [0.4, 0.5) is 11.4 Å². The van der Waals surface area contributed by atoms with Crippen molar-refractivity contribution in [2.24, 2.45) is 0 Å². The molecule has 2 amide bonds. The summed E-state index contributed by atoms with van der Waals surface area (Å²) < 4.78 is 1.36. The monoisotopic (exact) mass is 391 g/mol. The highest BCUT2D eigenvalue weighted by molar-refractivity contribution is 5.92. The van der Waals surface area contributed by atoms with Gasteiger partial charge in [0.2, 0.25) is 11.8 Å². The quantitative estimate of drug-likeness (QED) is 0.644. The van der Waals surface area contributed by atoms with Crippen LogP contribution in [-0.4, -0.2) is 26.6 Å². The number of nitrogens with zero attached hydrogens (tertiary/aromatic N) is 3. The molecule has 0 bridgehead atoms. The average molecular weight is 391 g/mol. The third-order valence-corrected chi connectivity index (χ3v) is 4.09. The van der Waals surface area contributed by atoms with Crippen LogP contribution in [0.1, 0.15) is 19.8 Å². The van der Waals surface area contributed by atoms with E-state index < -0.39 is 0 Å². The predicted octanol–water partition coefficient (Wildman–Crippen LogP) is 2.68. The number of anilines is 2. The second-order valence-electron chi connectivity index (χ2n) is 6.43. The molecule has 0 unspecified atom stereocenters. The van der Waals surface area contributed by atoms with Gasteiger partial charge in [-0.05, 0) is 48.9 Å². The van der Waals surface area contributed by atoms with Crippen molar-refractivity contribution in [1.82, 2.24) is 14.8 Å². The van der Waals surface area contributed by atoms with E-state index in [2.05, 4.69) is 20.7 Å². The first kappa shape index (κ1) is 19.9. The summed E-state index contributed by atoms with van der Waals surface area (Å²) in [7, 11) is 0. The highest BCUT2D eigenvalue weighted by Gasteiger charge is 2.06. The Kier molecular flexibility index (Phi) is 6.47. The number of hydrogen-bond acceptors (Lipinski definition) is 5. The molecule has 8 nitrogen and oxygen atoms in total. The van der Waals surface area contributed by atoms with Crippen LogP contribution in [0.15, 0.2) is 65.7 Å². The lowest BCUT2D eigenvalue weighted by Crippen LogP contribution is -2.23. The summed E-state index contributed by atoms with van der Waals surface area (Å²) in [5, 5.41) is 9.81. The van der Waals surface area contributed by atoms with E-state index in [4.69, 9.17) is 0 Å². The molecule has 0 saturated heterocycles. The van der Waals surface area contributed by atoms with E-state index in [1.807, 2.05) is 6.07 Å². The summed E-state index contributed by atoms with van der Waals surface area (Å²) in [5.41, 5.74) is 2.56. The molecule has 2 heterocycles. The second kappa shape index (κ2) is 9.41. The predicted molar refractivity (Wildman–Crippen MR) is 110 cm³/mol. The van der Waals surface area contributed by atoms with Gasteiger partial charge in [-0.2, -0.15) is 5.10 Å². The molecule has 0 fully saturated rings. The Hall–Kier alpha value is -3.81. The summed E-state index contributed by atoms with van der Waals surface area (Å²) in [6.45, 7) is 1.77. The van der Waals surface area contributed by atoms with Gasteiger partial charge in [-0.25, -0.2) is 4.68 Å². The average Bonchev–Trinajstić information content (AvgIpc) is 2.71. The number of nitrogens with one attached hydrogen (secondary N) is 2. The Bertz CT molecular complexity index is 1050. The topological polar surface area (TPSA) is 106 Å². The van der Waals surface area contributed by atoms with Gasteiger partial charge in [0.05, 0.1) is 5.69 Å². The molecular weight excluding hydrogens is 370 g/mol. The Balaban J connectivity index is 1.54. The van der Waals surface area contributed by atoms with Crippen molar-refractivity contribution >= 4 is 23.2 Å². The molecule has 2 aromatic heterocycles. The third kappa shape index (κ3) is 5.83. The SMILES string of the molecule is CC(=O)Nc1ccc(NC(=O)CCCn2nc(-c3cccnc3)ccc2=O)cc1. The minimum absolute atomic E-state index is 0.154. The molecule has 2 N–H and O–H groups in total. The second-order valence-corrected chi connectivity index (χ2v) is 6.43. The fraction of sp³-hybridized carbons (Fsp3) is 0.190. The molecule has 3 rings (SSSR count). The molecule has 0 aliphatic carbocycles. The zero-order chi connectivity index (χ0) is 20.6. The van der Waals surface area contributed by atoms with Gasteiger partial charge in [0.25, 0.3) is 5.56 Å². The molecule has 29 heavy (non-hydrogen) atoms. The molecule has 0 saturated carbocycles. The number of pyridine rings is 1. The van der Waals surface area contributed by atoms with E-state index in [0.717, 1.165) is 5.56 Å². The van der Waals surface area contributed by atoms with E-state index in [1.165, 1.54) is 17.7 Å². The maximum Gasteiger partial charge on any atom is 0.266 e. The number of amides is 2. The zero-order valence-electron chi connectivity index (χ0n) is 16.0. The van der Waals surface area contributed by atoms with Crippen LogP contribution in [0.3, 0.4) is 0 Å². The van der Waals surface area contributed by atoms with E-state index >= 15 is 0 Å². The van der Waals surface area contributed by atoms with Crippen LogP contribution in [0.5, 0.6) is 0 Å². The smallest absolute Gasteiger partial charge is 0.266 e. The van der Waals surface area contributed by atoms with Gasteiger partial charge in [0.15, 0.2) is 0 Å². The van der Waals surface area contributed by atoms with Gasteiger partial charge in [0.1, 0.15) is 0 Å². The van der Waals surface area contributed by atoms with Crippen LogP contribution in [0.2, 0.25) is 0 Å². The summed E-state index contributed by atoms with van der Waals surface area (Å²) in [6.07, 6.45) is 4.07. The molecule has 3 aromatic rings. The van der Waals surface area contributed by atoms with Crippen molar-refractivity contribution in [1.29, 1.82) is 0 Å². The Morgan fingerprint density at radius 1 is 1.00 bits per heavy atom. The Morgan fingerprint density at radius 2 is 1.72 bits per heavy atom. The first-order valence-corrected chi connectivity index (χ1v) is 9.17. The summed E-state index contributed by atoms with van der Waals surface area (Å²) >= 11 is 0. The van der Waals surface area contributed by atoms with E-state index in [0.29, 0.717) is 30.0 Å². The molecule has 0 spiro atoms. The van der Waals surface area contributed by atoms with Gasteiger partial charge in [-0.3, -0.25) is 19.4 Å². The molecule has 0 aliphatic heterocycles. The van der Waals surface area contributed by atoms with Crippen molar-refractivity contribution in [3.05, 3.63) is 71.3 Å². The van der Waals surface area contributed by atoms with Crippen LogP contribution in [0.25, 0.3) is 11.3 Å². The Labute approximate surface area is 167 Å². The van der Waals surface area contributed by atoms with E-state index in [-0.39, 0.29) is 23.8 Å². The van der Waals surface area contributed by atoms with Gasteiger partial charge >= 0.3 is 0 Å². The number of aryl methyl sites for hydroxylation is 1. The number of benzene rings is 1. The number of aromatic nitrogens is 3. The summed E-state index contributed by atoms with van der Waals surface area (Å²) in [4.78, 5) is 39.3.